The Morgan fingerprint density at radius 2 is 1.61 bits per heavy atom. The third-order valence-corrected chi connectivity index (χ3v) is 4.72. The molecule has 2 aromatic rings. The molecular weight excluding hydrogens is 361 g/mol. The number of hydrogen-bond acceptors (Lipinski definition) is 4. The molecule has 1 heterocycles. The lowest BCUT2D eigenvalue weighted by atomic mass is 9.96. The molecule has 0 aromatic heterocycles. The summed E-state index contributed by atoms with van der Waals surface area (Å²) in [5.74, 6) is 0.190. The number of esters is 1. The second kappa shape index (κ2) is 9.35. The summed E-state index contributed by atoms with van der Waals surface area (Å²) >= 11 is 0. The van der Waals surface area contributed by atoms with Crippen molar-refractivity contribution >= 4 is 11.9 Å². The first-order chi connectivity index (χ1) is 13.6. The van der Waals surface area contributed by atoms with Gasteiger partial charge >= 0.3 is 5.97 Å². The summed E-state index contributed by atoms with van der Waals surface area (Å²) in [5.41, 5.74) is 0.452. The van der Waals surface area contributed by atoms with E-state index in [0.29, 0.717) is 43.9 Å². The van der Waals surface area contributed by atoms with Crippen molar-refractivity contribution in [2.24, 2.45) is 5.92 Å². The van der Waals surface area contributed by atoms with Gasteiger partial charge in [-0.1, -0.05) is 6.92 Å². The first kappa shape index (κ1) is 19.9. The summed E-state index contributed by atoms with van der Waals surface area (Å²) in [6.45, 7) is 3.63. The van der Waals surface area contributed by atoms with E-state index in [1.54, 1.807) is 29.2 Å². The van der Waals surface area contributed by atoms with E-state index in [0.717, 1.165) is 12.2 Å². The molecule has 0 spiro atoms. The fourth-order valence-corrected chi connectivity index (χ4v) is 3.12. The van der Waals surface area contributed by atoms with E-state index < -0.39 is 0 Å². The number of carbonyl (C=O) groups excluding carboxylic acids is 2. The van der Waals surface area contributed by atoms with Crippen LogP contribution in [0.3, 0.4) is 0 Å². The highest BCUT2D eigenvalue weighted by atomic mass is 19.1. The molecule has 5 nitrogen and oxygen atoms in total. The summed E-state index contributed by atoms with van der Waals surface area (Å²) in [6, 6.07) is 12.5. The van der Waals surface area contributed by atoms with Crippen LogP contribution in [-0.4, -0.2) is 36.5 Å². The standard InChI is InChI=1S/C22H24FNO4/c1-2-15-27-19-7-9-20(10-8-19)28-22(26)17-11-13-24(14-12-17)21(25)16-3-5-18(23)6-4-16/h3-10,17H,2,11-15H2,1H3. The highest BCUT2D eigenvalue weighted by Crippen LogP contribution is 2.23. The van der Waals surface area contributed by atoms with Gasteiger partial charge in [0.05, 0.1) is 12.5 Å². The molecule has 0 aliphatic carbocycles. The number of hydrogen-bond donors (Lipinski definition) is 0. The molecular formula is C22H24FNO4. The average molecular weight is 385 g/mol. The van der Waals surface area contributed by atoms with Crippen LogP contribution in [0.25, 0.3) is 0 Å². The van der Waals surface area contributed by atoms with Crippen molar-refractivity contribution in [1.29, 1.82) is 0 Å². The number of likely N-dealkylation sites (tertiary alicyclic amines) is 1. The Kier molecular flexibility index (Phi) is 6.63. The van der Waals surface area contributed by atoms with Crippen LogP contribution < -0.4 is 9.47 Å². The van der Waals surface area contributed by atoms with Gasteiger partial charge < -0.3 is 14.4 Å². The summed E-state index contributed by atoms with van der Waals surface area (Å²) in [4.78, 5) is 26.6. The molecule has 6 heteroatoms. The van der Waals surface area contributed by atoms with Crippen molar-refractivity contribution < 1.29 is 23.5 Å². The topological polar surface area (TPSA) is 55.8 Å². The maximum atomic E-state index is 13.0. The van der Waals surface area contributed by atoms with Crippen LogP contribution in [0.1, 0.15) is 36.5 Å². The third-order valence-electron chi connectivity index (χ3n) is 4.72. The summed E-state index contributed by atoms with van der Waals surface area (Å²) in [5, 5.41) is 0. The number of carbonyl (C=O) groups is 2. The molecule has 1 fully saturated rings. The summed E-state index contributed by atoms with van der Waals surface area (Å²) in [6.07, 6.45) is 2.02. The maximum absolute atomic E-state index is 13.0. The molecule has 2 aromatic carbocycles. The van der Waals surface area contributed by atoms with Crippen molar-refractivity contribution in [3.05, 3.63) is 59.9 Å². The summed E-state index contributed by atoms with van der Waals surface area (Å²) < 4.78 is 24.0. The van der Waals surface area contributed by atoms with Crippen LogP contribution in [0.5, 0.6) is 11.5 Å². The molecule has 1 amide bonds. The molecule has 0 saturated carbocycles. The highest BCUT2D eigenvalue weighted by molar-refractivity contribution is 5.94. The Morgan fingerprint density at radius 1 is 1.00 bits per heavy atom. The molecule has 148 valence electrons. The number of ether oxygens (including phenoxy) is 2. The number of piperidine rings is 1. The molecule has 28 heavy (non-hydrogen) atoms. The SMILES string of the molecule is CCCOc1ccc(OC(=O)C2CCN(C(=O)c3ccc(F)cc3)CC2)cc1. The zero-order valence-electron chi connectivity index (χ0n) is 15.9. The molecule has 1 aliphatic rings. The Bertz CT molecular complexity index is 796. The highest BCUT2D eigenvalue weighted by Gasteiger charge is 2.29. The monoisotopic (exact) mass is 385 g/mol. The van der Waals surface area contributed by atoms with Gasteiger partial charge in [0.1, 0.15) is 17.3 Å². The Balaban J connectivity index is 1.49. The van der Waals surface area contributed by atoms with Crippen molar-refractivity contribution in [3.8, 4) is 11.5 Å². The molecule has 0 radical (unpaired) electrons. The Morgan fingerprint density at radius 3 is 2.21 bits per heavy atom. The van der Waals surface area contributed by atoms with Gasteiger partial charge in [-0.25, -0.2) is 4.39 Å². The van der Waals surface area contributed by atoms with Gasteiger partial charge in [0.25, 0.3) is 5.91 Å². The number of rotatable bonds is 6. The molecule has 0 atom stereocenters. The van der Waals surface area contributed by atoms with Crippen LogP contribution in [0.15, 0.2) is 48.5 Å². The minimum Gasteiger partial charge on any atom is -0.494 e. The number of nitrogens with zero attached hydrogens (tertiary/aromatic N) is 1. The van der Waals surface area contributed by atoms with Gasteiger partial charge in [-0.15, -0.1) is 0 Å². The largest absolute Gasteiger partial charge is 0.494 e. The predicted molar refractivity (Wildman–Crippen MR) is 103 cm³/mol. The smallest absolute Gasteiger partial charge is 0.314 e. The predicted octanol–water partition coefficient (Wildman–Crippen LogP) is 4.07. The molecule has 0 N–H and O–H groups in total. The normalized spacial score (nSPS) is 14.6. The molecule has 0 bridgehead atoms. The van der Waals surface area contributed by atoms with E-state index in [2.05, 4.69) is 0 Å². The molecule has 3 rings (SSSR count). The van der Waals surface area contributed by atoms with Crippen LogP contribution in [0, 0.1) is 11.7 Å². The first-order valence-corrected chi connectivity index (χ1v) is 9.56. The average Bonchev–Trinajstić information content (AvgIpc) is 2.73. The van der Waals surface area contributed by atoms with Gasteiger partial charge in [0, 0.05) is 18.7 Å². The fourth-order valence-electron chi connectivity index (χ4n) is 3.12. The lowest BCUT2D eigenvalue weighted by molar-refractivity contribution is -0.140. The molecule has 1 saturated heterocycles. The van der Waals surface area contributed by atoms with Gasteiger partial charge in [-0.2, -0.15) is 0 Å². The first-order valence-electron chi connectivity index (χ1n) is 9.56. The minimum absolute atomic E-state index is 0.144. The van der Waals surface area contributed by atoms with Crippen molar-refractivity contribution in [3.63, 3.8) is 0 Å². The van der Waals surface area contributed by atoms with Gasteiger partial charge in [-0.3, -0.25) is 9.59 Å². The zero-order valence-corrected chi connectivity index (χ0v) is 15.9. The zero-order chi connectivity index (χ0) is 19.9. The Labute approximate surface area is 164 Å². The number of benzene rings is 2. The van der Waals surface area contributed by atoms with Gasteiger partial charge in [0.15, 0.2) is 0 Å². The lowest BCUT2D eigenvalue weighted by Crippen LogP contribution is -2.41. The van der Waals surface area contributed by atoms with Gasteiger partial charge in [0.2, 0.25) is 0 Å². The van der Waals surface area contributed by atoms with Gasteiger partial charge in [-0.05, 0) is 67.8 Å². The van der Waals surface area contributed by atoms with E-state index >= 15 is 0 Å². The number of halogens is 1. The van der Waals surface area contributed by atoms with E-state index in [-0.39, 0.29) is 23.6 Å². The van der Waals surface area contributed by atoms with Crippen LogP contribution in [0.2, 0.25) is 0 Å². The molecule has 1 aliphatic heterocycles. The van der Waals surface area contributed by atoms with Crippen LogP contribution in [-0.2, 0) is 4.79 Å². The quantitative estimate of drug-likeness (QED) is 0.556. The minimum atomic E-state index is -0.372. The van der Waals surface area contributed by atoms with E-state index in [1.165, 1.54) is 24.3 Å². The van der Waals surface area contributed by atoms with E-state index in [1.807, 2.05) is 6.92 Å². The van der Waals surface area contributed by atoms with Crippen molar-refractivity contribution in [1.82, 2.24) is 4.90 Å². The van der Waals surface area contributed by atoms with E-state index in [4.69, 9.17) is 9.47 Å². The lowest BCUT2D eigenvalue weighted by Gasteiger charge is -2.31. The maximum Gasteiger partial charge on any atom is 0.314 e. The fraction of sp³-hybridized carbons (Fsp3) is 0.364. The third kappa shape index (κ3) is 5.09. The van der Waals surface area contributed by atoms with Crippen molar-refractivity contribution in [2.75, 3.05) is 19.7 Å². The number of amides is 1. The van der Waals surface area contributed by atoms with Crippen LogP contribution >= 0.6 is 0 Å². The second-order valence-corrected chi connectivity index (χ2v) is 6.81. The molecule has 0 unspecified atom stereocenters. The van der Waals surface area contributed by atoms with Crippen molar-refractivity contribution in [2.45, 2.75) is 26.2 Å². The van der Waals surface area contributed by atoms with Crippen LogP contribution in [0.4, 0.5) is 4.39 Å². The van der Waals surface area contributed by atoms with E-state index in [9.17, 15) is 14.0 Å². The Hall–Kier alpha value is -2.89. The second-order valence-electron chi connectivity index (χ2n) is 6.81. The summed E-state index contributed by atoms with van der Waals surface area (Å²) in [7, 11) is 0.